The number of fused-ring (bicyclic) bond motifs is 1. The third-order valence-electron chi connectivity index (χ3n) is 7.29. The Labute approximate surface area is 238 Å². The molecule has 1 amide bonds. The van der Waals surface area contributed by atoms with Crippen LogP contribution >= 0.6 is 0 Å². The number of benzene rings is 2. The summed E-state index contributed by atoms with van der Waals surface area (Å²) < 4.78 is 12.0. The summed E-state index contributed by atoms with van der Waals surface area (Å²) in [6.45, 7) is 8.52. The molecular formula is C32H44N4O4. The van der Waals surface area contributed by atoms with Crippen LogP contribution in [0, 0.1) is 0 Å². The molecule has 0 atom stereocenters. The average molecular weight is 549 g/mol. The number of carbonyl (C=O) groups is 1. The lowest BCUT2D eigenvalue weighted by molar-refractivity contribution is -0.131. The van der Waals surface area contributed by atoms with Crippen LogP contribution in [0.1, 0.15) is 80.3 Å². The zero-order valence-corrected chi connectivity index (χ0v) is 24.1. The molecule has 2 heterocycles. The molecule has 0 radical (unpaired) electrons. The Hall–Kier alpha value is -3.23. The molecule has 2 aromatic carbocycles. The summed E-state index contributed by atoms with van der Waals surface area (Å²) in [5, 5.41) is 17.6. The first-order chi connectivity index (χ1) is 19.5. The fourth-order valence-corrected chi connectivity index (χ4v) is 4.99. The Kier molecular flexibility index (Phi) is 11.5. The number of aliphatic hydroxyl groups excluding tert-OH is 1. The van der Waals surface area contributed by atoms with E-state index in [-0.39, 0.29) is 18.4 Å². The maximum absolute atomic E-state index is 13.4. The molecule has 1 aromatic heterocycles. The normalized spacial score (nSPS) is 15.6. The van der Waals surface area contributed by atoms with Crippen molar-refractivity contribution in [2.75, 3.05) is 32.8 Å². The van der Waals surface area contributed by atoms with Gasteiger partial charge in [0, 0.05) is 63.7 Å². The Morgan fingerprint density at radius 1 is 0.975 bits per heavy atom. The van der Waals surface area contributed by atoms with Crippen LogP contribution in [0.5, 0.6) is 5.75 Å². The maximum Gasteiger partial charge on any atom is 0.223 e. The third-order valence-corrected chi connectivity index (χ3v) is 7.29. The predicted molar refractivity (Wildman–Crippen MR) is 155 cm³/mol. The van der Waals surface area contributed by atoms with E-state index in [0.29, 0.717) is 37.8 Å². The summed E-state index contributed by atoms with van der Waals surface area (Å²) in [5.41, 5.74) is 3.60. The number of aliphatic hydroxyl groups is 1. The fraction of sp³-hybridized carbons (Fsp3) is 0.531. The number of amides is 1. The minimum absolute atomic E-state index is 0.127. The zero-order chi connectivity index (χ0) is 28.2. The van der Waals surface area contributed by atoms with Crippen molar-refractivity contribution >= 4 is 5.91 Å². The minimum atomic E-state index is 0.127. The van der Waals surface area contributed by atoms with Crippen molar-refractivity contribution in [1.29, 1.82) is 0 Å². The highest BCUT2D eigenvalue weighted by Gasteiger charge is 2.19. The van der Waals surface area contributed by atoms with Gasteiger partial charge in [-0.1, -0.05) is 56.3 Å². The van der Waals surface area contributed by atoms with Gasteiger partial charge < -0.3 is 19.2 Å². The van der Waals surface area contributed by atoms with Gasteiger partial charge in [-0.2, -0.15) is 0 Å². The number of aromatic nitrogens is 2. The van der Waals surface area contributed by atoms with Crippen molar-refractivity contribution in [2.45, 2.75) is 77.8 Å². The van der Waals surface area contributed by atoms with Crippen molar-refractivity contribution < 1.29 is 19.1 Å². The van der Waals surface area contributed by atoms with E-state index in [1.165, 1.54) is 11.1 Å². The van der Waals surface area contributed by atoms with E-state index in [1.54, 1.807) is 0 Å². The topological polar surface area (TPSA) is 91.9 Å². The average Bonchev–Trinajstić information content (AvgIpc) is 3.45. The molecule has 1 aliphatic rings. The molecular weight excluding hydrogens is 504 g/mol. The second-order valence-electron chi connectivity index (χ2n) is 10.9. The van der Waals surface area contributed by atoms with Gasteiger partial charge in [-0.05, 0) is 49.3 Å². The SMILES string of the molecule is CC(C)c1nnc(CCC(=O)N2CCCCCOc3ccc(CCCO)cc3CN(Cc3ccccc3)CC2)o1. The minimum Gasteiger partial charge on any atom is -0.493 e. The Bertz CT molecular complexity index is 1180. The molecule has 1 aliphatic heterocycles. The van der Waals surface area contributed by atoms with Gasteiger partial charge in [0.15, 0.2) is 0 Å². The molecule has 8 heteroatoms. The first kappa shape index (κ1) is 29.7. The largest absolute Gasteiger partial charge is 0.493 e. The van der Waals surface area contributed by atoms with Crippen LogP contribution in [0.3, 0.4) is 0 Å². The molecule has 40 heavy (non-hydrogen) atoms. The van der Waals surface area contributed by atoms with E-state index in [2.05, 4.69) is 57.6 Å². The van der Waals surface area contributed by atoms with Gasteiger partial charge in [-0.25, -0.2) is 0 Å². The number of carbonyl (C=O) groups excluding carboxylic acids is 1. The van der Waals surface area contributed by atoms with E-state index in [9.17, 15) is 9.90 Å². The van der Waals surface area contributed by atoms with Crippen LogP contribution in [0.15, 0.2) is 52.9 Å². The Morgan fingerprint density at radius 2 is 1.82 bits per heavy atom. The van der Waals surface area contributed by atoms with E-state index < -0.39 is 0 Å². The van der Waals surface area contributed by atoms with Crippen molar-refractivity contribution in [3.63, 3.8) is 0 Å². The number of aryl methyl sites for hydroxylation is 2. The highest BCUT2D eigenvalue weighted by Crippen LogP contribution is 2.25. The van der Waals surface area contributed by atoms with E-state index in [0.717, 1.165) is 69.6 Å². The third kappa shape index (κ3) is 9.17. The van der Waals surface area contributed by atoms with Crippen LogP contribution in [-0.4, -0.2) is 63.9 Å². The maximum atomic E-state index is 13.4. The van der Waals surface area contributed by atoms with Crippen molar-refractivity contribution in [3.8, 4) is 5.75 Å². The number of rotatable bonds is 9. The predicted octanol–water partition coefficient (Wildman–Crippen LogP) is 5.14. The highest BCUT2D eigenvalue weighted by molar-refractivity contribution is 5.76. The molecule has 3 aromatic rings. The van der Waals surface area contributed by atoms with Crippen LogP contribution in [0.4, 0.5) is 0 Å². The molecule has 0 unspecified atom stereocenters. The van der Waals surface area contributed by atoms with Crippen LogP contribution in [-0.2, 0) is 30.7 Å². The van der Waals surface area contributed by atoms with Gasteiger partial charge in [0.25, 0.3) is 0 Å². The second kappa shape index (κ2) is 15.5. The number of ether oxygens (including phenoxy) is 1. The van der Waals surface area contributed by atoms with E-state index >= 15 is 0 Å². The molecule has 1 N–H and O–H groups in total. The first-order valence-corrected chi connectivity index (χ1v) is 14.7. The van der Waals surface area contributed by atoms with Gasteiger partial charge >= 0.3 is 0 Å². The molecule has 0 saturated carbocycles. The zero-order valence-electron chi connectivity index (χ0n) is 24.1. The monoisotopic (exact) mass is 548 g/mol. The fourth-order valence-electron chi connectivity index (χ4n) is 4.99. The standard InChI is InChI=1S/C32H44N4O4/c1-25(2)32-34-33-30(40-32)15-16-31(38)36-17-7-4-8-21-39-29-14-13-26(12-9-20-37)22-28(29)24-35(18-19-36)23-27-10-5-3-6-11-27/h3,5-6,10-11,13-14,22,25,37H,4,7-9,12,15-21,23-24H2,1-2H3. The first-order valence-electron chi connectivity index (χ1n) is 14.7. The number of nitrogens with zero attached hydrogens (tertiary/aromatic N) is 4. The molecule has 216 valence electrons. The van der Waals surface area contributed by atoms with E-state index in [4.69, 9.17) is 9.15 Å². The Balaban J connectivity index is 1.50. The van der Waals surface area contributed by atoms with Crippen molar-refractivity contribution in [2.24, 2.45) is 0 Å². The lowest BCUT2D eigenvalue weighted by Gasteiger charge is -2.28. The quantitative estimate of drug-likeness (QED) is 0.396. The van der Waals surface area contributed by atoms with Crippen molar-refractivity contribution in [3.05, 3.63) is 77.0 Å². The molecule has 0 fully saturated rings. The summed E-state index contributed by atoms with van der Waals surface area (Å²) in [4.78, 5) is 17.8. The van der Waals surface area contributed by atoms with Crippen LogP contribution in [0.25, 0.3) is 0 Å². The summed E-state index contributed by atoms with van der Waals surface area (Å²) >= 11 is 0. The molecule has 0 spiro atoms. The van der Waals surface area contributed by atoms with Gasteiger partial charge in [0.05, 0.1) is 6.61 Å². The van der Waals surface area contributed by atoms with Crippen molar-refractivity contribution in [1.82, 2.24) is 20.0 Å². The summed E-state index contributed by atoms with van der Waals surface area (Å²) in [6, 6.07) is 16.9. The van der Waals surface area contributed by atoms with Gasteiger partial charge in [0.1, 0.15) is 5.75 Å². The van der Waals surface area contributed by atoms with Gasteiger partial charge in [-0.15, -0.1) is 10.2 Å². The smallest absolute Gasteiger partial charge is 0.223 e. The molecule has 8 nitrogen and oxygen atoms in total. The molecule has 0 bridgehead atoms. The number of hydrogen-bond donors (Lipinski definition) is 1. The number of hydrogen-bond acceptors (Lipinski definition) is 7. The van der Waals surface area contributed by atoms with Crippen LogP contribution in [0.2, 0.25) is 0 Å². The van der Waals surface area contributed by atoms with Crippen LogP contribution < -0.4 is 4.74 Å². The molecule has 0 saturated heterocycles. The summed E-state index contributed by atoms with van der Waals surface area (Å²) in [6.07, 6.45) is 5.29. The molecule has 0 aliphatic carbocycles. The second-order valence-corrected chi connectivity index (χ2v) is 10.9. The van der Waals surface area contributed by atoms with Gasteiger partial charge in [0.2, 0.25) is 17.7 Å². The summed E-state index contributed by atoms with van der Waals surface area (Å²) in [5.74, 6) is 2.37. The lowest BCUT2D eigenvalue weighted by Crippen LogP contribution is -2.39. The Morgan fingerprint density at radius 3 is 2.60 bits per heavy atom. The summed E-state index contributed by atoms with van der Waals surface area (Å²) in [7, 11) is 0. The van der Waals surface area contributed by atoms with Gasteiger partial charge in [-0.3, -0.25) is 9.69 Å². The highest BCUT2D eigenvalue weighted by atomic mass is 16.5. The molecule has 4 rings (SSSR count). The lowest BCUT2D eigenvalue weighted by atomic mass is 10.0. The van der Waals surface area contributed by atoms with E-state index in [1.807, 2.05) is 24.8 Å².